The fraction of sp³-hybridized carbons (Fsp3) is 0.846. The Labute approximate surface area is 119 Å². The maximum absolute atomic E-state index is 12.1. The van der Waals surface area contributed by atoms with Crippen LogP contribution in [0.4, 0.5) is 0 Å². The molecule has 0 N–H and O–H groups in total. The molecule has 0 saturated heterocycles. The number of nitrogens with zero attached hydrogens (tertiary/aromatic N) is 1. The number of rotatable bonds is 2. The minimum absolute atomic E-state index is 0.103. The van der Waals surface area contributed by atoms with E-state index in [4.69, 9.17) is 9.57 Å². The lowest BCUT2D eigenvalue weighted by molar-refractivity contribution is -0.168. The summed E-state index contributed by atoms with van der Waals surface area (Å²) < 4.78 is 28.5. The number of hydrogen-bond donors (Lipinski definition) is 0. The zero-order valence-corrected chi connectivity index (χ0v) is 13.3. The molecule has 20 heavy (non-hydrogen) atoms. The topological polar surface area (TPSA) is 82.0 Å². The highest BCUT2D eigenvalue weighted by Crippen LogP contribution is 2.49. The summed E-state index contributed by atoms with van der Waals surface area (Å²) in [5.41, 5.74) is -0.827. The normalized spacial score (nSPS) is 33.4. The minimum atomic E-state index is -3.24. The number of carbonyl (C=O) groups excluding carboxylic acids is 1. The lowest BCUT2D eigenvalue weighted by Gasteiger charge is -2.26. The Kier molecular flexibility index (Phi) is 3.40. The van der Waals surface area contributed by atoms with Gasteiger partial charge in [0.2, 0.25) is 5.60 Å². The van der Waals surface area contributed by atoms with Gasteiger partial charge in [0.25, 0.3) is 0 Å². The number of hydrogen-bond acceptors (Lipinski definition) is 6. The Morgan fingerprint density at radius 1 is 1.45 bits per heavy atom. The molecule has 2 aliphatic rings. The minimum Gasteiger partial charge on any atom is -0.466 e. The summed E-state index contributed by atoms with van der Waals surface area (Å²) in [5.74, 6) is -0.883. The molecular weight excluding hydrogens is 282 g/mol. The first-order chi connectivity index (χ1) is 9.02. The quantitative estimate of drug-likeness (QED) is 0.715. The summed E-state index contributed by atoms with van der Waals surface area (Å²) in [6.45, 7) is 5.91. The van der Waals surface area contributed by atoms with Crippen molar-refractivity contribution in [2.24, 2.45) is 16.5 Å². The fourth-order valence-electron chi connectivity index (χ4n) is 3.07. The van der Waals surface area contributed by atoms with E-state index in [1.165, 1.54) is 13.4 Å². The Balaban J connectivity index is 2.43. The number of methoxy groups -OCH3 is 1. The van der Waals surface area contributed by atoms with Crippen LogP contribution in [0.2, 0.25) is 0 Å². The summed E-state index contributed by atoms with van der Waals surface area (Å²) in [6, 6.07) is 0. The van der Waals surface area contributed by atoms with Crippen LogP contribution in [-0.4, -0.2) is 44.3 Å². The smallest absolute Gasteiger partial charge is 0.353 e. The highest BCUT2D eigenvalue weighted by atomic mass is 32.2. The monoisotopic (exact) mass is 303 g/mol. The summed E-state index contributed by atoms with van der Waals surface area (Å²) >= 11 is 0. The van der Waals surface area contributed by atoms with Crippen molar-refractivity contribution < 1.29 is 22.8 Å². The number of oxime groups is 1. The molecule has 0 amide bonds. The van der Waals surface area contributed by atoms with Gasteiger partial charge in [-0.05, 0) is 6.42 Å². The zero-order chi connectivity index (χ0) is 15.3. The third kappa shape index (κ3) is 2.21. The van der Waals surface area contributed by atoms with Crippen molar-refractivity contribution in [1.82, 2.24) is 0 Å². The molecule has 3 unspecified atom stereocenters. The average Bonchev–Trinajstić information content (AvgIpc) is 2.80. The van der Waals surface area contributed by atoms with Crippen LogP contribution in [0.5, 0.6) is 0 Å². The highest BCUT2D eigenvalue weighted by Gasteiger charge is 2.64. The first-order valence-corrected chi connectivity index (χ1v) is 8.51. The maximum Gasteiger partial charge on any atom is 0.353 e. The number of carbonyl (C=O) groups is 1. The van der Waals surface area contributed by atoms with Gasteiger partial charge in [-0.1, -0.05) is 25.9 Å². The molecule has 1 saturated carbocycles. The summed E-state index contributed by atoms with van der Waals surface area (Å²) in [7, 11) is -1.96. The van der Waals surface area contributed by atoms with Crippen LogP contribution >= 0.6 is 0 Å². The summed E-state index contributed by atoms with van der Waals surface area (Å²) in [6.07, 6.45) is 1.65. The van der Waals surface area contributed by atoms with Crippen molar-refractivity contribution in [1.29, 1.82) is 0 Å². The molecule has 0 aromatic heterocycles. The van der Waals surface area contributed by atoms with E-state index in [0.29, 0.717) is 6.42 Å². The zero-order valence-electron chi connectivity index (χ0n) is 12.5. The van der Waals surface area contributed by atoms with Gasteiger partial charge in [0.15, 0.2) is 9.84 Å². The molecule has 2 rings (SSSR count). The molecule has 114 valence electrons. The van der Waals surface area contributed by atoms with E-state index in [9.17, 15) is 13.2 Å². The third-order valence-electron chi connectivity index (χ3n) is 4.13. The first-order valence-electron chi connectivity index (χ1n) is 6.56. The average molecular weight is 303 g/mol. The Bertz CT molecular complexity index is 560. The van der Waals surface area contributed by atoms with Gasteiger partial charge in [-0.3, -0.25) is 0 Å². The van der Waals surface area contributed by atoms with Gasteiger partial charge in [0.05, 0.1) is 24.0 Å². The van der Waals surface area contributed by atoms with Gasteiger partial charge in [-0.25, -0.2) is 13.2 Å². The van der Waals surface area contributed by atoms with Crippen molar-refractivity contribution in [3.05, 3.63) is 0 Å². The molecule has 1 fully saturated rings. The summed E-state index contributed by atoms with van der Waals surface area (Å²) in [4.78, 5) is 17.6. The van der Waals surface area contributed by atoms with E-state index in [2.05, 4.69) is 5.16 Å². The molecule has 6 nitrogen and oxygen atoms in total. The molecule has 0 spiro atoms. The van der Waals surface area contributed by atoms with Crippen molar-refractivity contribution in [3.63, 3.8) is 0 Å². The predicted molar refractivity (Wildman–Crippen MR) is 74.1 cm³/mol. The number of esters is 1. The van der Waals surface area contributed by atoms with Gasteiger partial charge in [0.1, 0.15) is 0 Å². The second-order valence-corrected chi connectivity index (χ2v) is 8.97. The van der Waals surface area contributed by atoms with Gasteiger partial charge >= 0.3 is 5.97 Å². The van der Waals surface area contributed by atoms with Crippen molar-refractivity contribution >= 4 is 21.5 Å². The molecule has 1 aliphatic heterocycles. The van der Waals surface area contributed by atoms with Crippen LogP contribution < -0.4 is 0 Å². The lowest BCUT2D eigenvalue weighted by Crippen LogP contribution is -2.45. The highest BCUT2D eigenvalue weighted by molar-refractivity contribution is 7.91. The second-order valence-electron chi connectivity index (χ2n) is 6.64. The molecular formula is C13H21NO5S. The van der Waals surface area contributed by atoms with Crippen LogP contribution in [-0.2, 0) is 24.2 Å². The van der Waals surface area contributed by atoms with Gasteiger partial charge in [-0.15, -0.1) is 0 Å². The third-order valence-corrected chi connectivity index (χ3v) is 5.70. The SMILES string of the molecule is COC(=O)C12CC(S(C)(=O)=O)CC1C(C(C)(C)C)=NO2. The number of ether oxygens (including phenoxy) is 1. The van der Waals surface area contributed by atoms with E-state index in [0.717, 1.165) is 5.71 Å². The van der Waals surface area contributed by atoms with Gasteiger partial charge in [0, 0.05) is 18.1 Å². The first kappa shape index (κ1) is 15.3. The Morgan fingerprint density at radius 2 is 2.05 bits per heavy atom. The molecule has 7 heteroatoms. The number of sulfone groups is 1. The molecule has 0 aromatic carbocycles. The standard InChI is InChI=1S/C13H21NO5S/c1-12(2,3)10-9-6-8(20(5,16)17)7-13(9,19-14-10)11(15)18-4/h8-9H,6-7H2,1-5H3. The van der Waals surface area contributed by atoms with Gasteiger partial charge < -0.3 is 9.57 Å². The Hall–Kier alpha value is -1.11. The van der Waals surface area contributed by atoms with E-state index < -0.39 is 26.7 Å². The van der Waals surface area contributed by atoms with Crippen LogP contribution in [0.1, 0.15) is 33.6 Å². The molecule has 3 atom stereocenters. The van der Waals surface area contributed by atoms with Crippen molar-refractivity contribution in [2.75, 3.05) is 13.4 Å². The molecule has 0 aromatic rings. The van der Waals surface area contributed by atoms with E-state index in [-0.39, 0.29) is 17.8 Å². The molecule has 1 heterocycles. The summed E-state index contributed by atoms with van der Waals surface area (Å²) in [5, 5.41) is 3.47. The van der Waals surface area contributed by atoms with E-state index >= 15 is 0 Å². The number of fused-ring (bicyclic) bond motifs is 1. The second kappa shape index (κ2) is 4.44. The van der Waals surface area contributed by atoms with Crippen LogP contribution in [0.15, 0.2) is 5.16 Å². The van der Waals surface area contributed by atoms with E-state index in [1.54, 1.807) is 0 Å². The van der Waals surface area contributed by atoms with Gasteiger partial charge in [-0.2, -0.15) is 0 Å². The van der Waals surface area contributed by atoms with Crippen molar-refractivity contribution in [3.8, 4) is 0 Å². The largest absolute Gasteiger partial charge is 0.466 e. The predicted octanol–water partition coefficient (Wildman–Crippen LogP) is 1.15. The van der Waals surface area contributed by atoms with Crippen LogP contribution in [0, 0.1) is 11.3 Å². The maximum atomic E-state index is 12.1. The Morgan fingerprint density at radius 3 is 2.50 bits per heavy atom. The van der Waals surface area contributed by atoms with Crippen LogP contribution in [0.25, 0.3) is 0 Å². The lowest BCUT2D eigenvalue weighted by atomic mass is 9.76. The van der Waals surface area contributed by atoms with Crippen LogP contribution in [0.3, 0.4) is 0 Å². The fourth-order valence-corrected chi connectivity index (χ4v) is 4.16. The van der Waals surface area contributed by atoms with E-state index in [1.807, 2.05) is 20.8 Å². The molecule has 1 aliphatic carbocycles. The van der Waals surface area contributed by atoms with Crippen molar-refractivity contribution in [2.45, 2.75) is 44.5 Å². The molecule has 0 radical (unpaired) electrons. The molecule has 0 bridgehead atoms.